The Morgan fingerprint density at radius 2 is 1.83 bits per heavy atom. The van der Waals surface area contributed by atoms with E-state index in [2.05, 4.69) is 30.7 Å². The average molecular weight is 172 g/mol. The zero-order valence-electron chi connectivity index (χ0n) is 9.30. The molecule has 1 fully saturated rings. The molecule has 1 aliphatic heterocycles. The van der Waals surface area contributed by atoms with E-state index in [9.17, 15) is 0 Å². The smallest absolute Gasteiger partial charge is 0.0192 e. The summed E-state index contributed by atoms with van der Waals surface area (Å²) in [5.74, 6) is 0. The summed E-state index contributed by atoms with van der Waals surface area (Å²) in [5, 5.41) is 0. The summed E-state index contributed by atoms with van der Waals surface area (Å²) >= 11 is 0. The molecule has 2 nitrogen and oxygen atoms in total. The molecule has 0 aliphatic carbocycles. The van der Waals surface area contributed by atoms with E-state index in [-0.39, 0.29) is 0 Å². The standard InChI is InChI=1S/C8H18N2.C2H6/c1-4-10-6-5-9(3)8(2)7-10;1-2/h8H,4-7H2,1-3H3;1-2H3/t8-;/m0./s1. The summed E-state index contributed by atoms with van der Waals surface area (Å²) in [7, 11) is 2.21. The molecule has 12 heavy (non-hydrogen) atoms. The summed E-state index contributed by atoms with van der Waals surface area (Å²) in [4.78, 5) is 4.93. The number of likely N-dealkylation sites (N-methyl/N-ethyl adjacent to an activating group) is 2. The summed E-state index contributed by atoms with van der Waals surface area (Å²) in [5.41, 5.74) is 0. The van der Waals surface area contributed by atoms with Crippen molar-refractivity contribution in [3.63, 3.8) is 0 Å². The van der Waals surface area contributed by atoms with Crippen LogP contribution in [0.1, 0.15) is 27.7 Å². The Balaban J connectivity index is 0.000000561. The number of rotatable bonds is 1. The molecule has 0 aromatic carbocycles. The second kappa shape index (κ2) is 6.44. The number of piperazine rings is 1. The van der Waals surface area contributed by atoms with Crippen LogP contribution < -0.4 is 0 Å². The number of nitrogens with zero attached hydrogens (tertiary/aromatic N) is 2. The van der Waals surface area contributed by atoms with Gasteiger partial charge in [-0.3, -0.25) is 0 Å². The van der Waals surface area contributed by atoms with E-state index in [1.807, 2.05) is 13.8 Å². The molecule has 1 atom stereocenters. The van der Waals surface area contributed by atoms with Gasteiger partial charge in [0.15, 0.2) is 0 Å². The second-order valence-electron chi connectivity index (χ2n) is 3.22. The first kappa shape index (κ1) is 11.9. The maximum absolute atomic E-state index is 2.50. The van der Waals surface area contributed by atoms with Crippen molar-refractivity contribution in [2.45, 2.75) is 33.7 Å². The lowest BCUT2D eigenvalue weighted by molar-refractivity contribution is 0.110. The molecule has 0 saturated carbocycles. The molecule has 0 radical (unpaired) electrons. The third-order valence-corrected chi connectivity index (χ3v) is 2.49. The molecule has 0 spiro atoms. The quantitative estimate of drug-likeness (QED) is 0.593. The maximum atomic E-state index is 2.50. The van der Waals surface area contributed by atoms with Gasteiger partial charge in [0.05, 0.1) is 0 Å². The van der Waals surface area contributed by atoms with Crippen molar-refractivity contribution >= 4 is 0 Å². The Bertz CT molecular complexity index is 104. The van der Waals surface area contributed by atoms with Gasteiger partial charge in [0.2, 0.25) is 0 Å². The summed E-state index contributed by atoms with van der Waals surface area (Å²) in [6, 6.07) is 0.744. The molecule has 0 unspecified atom stereocenters. The fraction of sp³-hybridized carbons (Fsp3) is 1.00. The van der Waals surface area contributed by atoms with Gasteiger partial charge in [0, 0.05) is 25.7 Å². The van der Waals surface area contributed by atoms with Gasteiger partial charge >= 0.3 is 0 Å². The van der Waals surface area contributed by atoms with E-state index >= 15 is 0 Å². The molecular formula is C10H24N2. The van der Waals surface area contributed by atoms with Crippen LogP contribution in [0.25, 0.3) is 0 Å². The molecule has 0 bridgehead atoms. The summed E-state index contributed by atoms with van der Waals surface area (Å²) in [6.07, 6.45) is 0. The first-order valence-corrected chi connectivity index (χ1v) is 5.16. The van der Waals surface area contributed by atoms with Crippen molar-refractivity contribution in [1.29, 1.82) is 0 Å². The third kappa shape index (κ3) is 3.55. The lowest BCUT2D eigenvalue weighted by Crippen LogP contribution is -2.49. The molecule has 0 aromatic heterocycles. The van der Waals surface area contributed by atoms with Crippen molar-refractivity contribution in [3.8, 4) is 0 Å². The van der Waals surface area contributed by atoms with Crippen molar-refractivity contribution < 1.29 is 0 Å². The first-order chi connectivity index (χ1) is 5.74. The van der Waals surface area contributed by atoms with Crippen molar-refractivity contribution in [3.05, 3.63) is 0 Å². The third-order valence-electron chi connectivity index (χ3n) is 2.49. The highest BCUT2D eigenvalue weighted by atomic mass is 15.3. The average Bonchev–Trinajstić information content (AvgIpc) is 2.13. The highest BCUT2D eigenvalue weighted by Gasteiger charge is 2.18. The van der Waals surface area contributed by atoms with Gasteiger partial charge in [-0.2, -0.15) is 0 Å². The van der Waals surface area contributed by atoms with E-state index < -0.39 is 0 Å². The predicted molar refractivity (Wildman–Crippen MR) is 55.6 cm³/mol. The monoisotopic (exact) mass is 172 g/mol. The lowest BCUT2D eigenvalue weighted by atomic mass is 10.2. The van der Waals surface area contributed by atoms with Crippen LogP contribution in [0, 0.1) is 0 Å². The van der Waals surface area contributed by atoms with Crippen molar-refractivity contribution in [1.82, 2.24) is 9.80 Å². The number of hydrogen-bond acceptors (Lipinski definition) is 2. The van der Waals surface area contributed by atoms with E-state index in [1.54, 1.807) is 0 Å². The topological polar surface area (TPSA) is 6.48 Å². The minimum atomic E-state index is 0.744. The maximum Gasteiger partial charge on any atom is 0.0192 e. The van der Waals surface area contributed by atoms with E-state index in [0.717, 1.165) is 6.04 Å². The fourth-order valence-corrected chi connectivity index (χ4v) is 1.41. The van der Waals surface area contributed by atoms with E-state index in [1.165, 1.54) is 26.2 Å². The highest BCUT2D eigenvalue weighted by molar-refractivity contribution is 4.75. The van der Waals surface area contributed by atoms with Crippen LogP contribution in [-0.2, 0) is 0 Å². The molecule has 0 N–H and O–H groups in total. The van der Waals surface area contributed by atoms with Crippen LogP contribution in [-0.4, -0.2) is 49.1 Å². The predicted octanol–water partition coefficient (Wildman–Crippen LogP) is 1.67. The van der Waals surface area contributed by atoms with Gasteiger partial charge in [-0.25, -0.2) is 0 Å². The minimum absolute atomic E-state index is 0.744. The largest absolute Gasteiger partial charge is 0.301 e. The summed E-state index contributed by atoms with van der Waals surface area (Å²) in [6.45, 7) is 13.5. The van der Waals surface area contributed by atoms with Crippen LogP contribution in [0.2, 0.25) is 0 Å². The Morgan fingerprint density at radius 1 is 1.25 bits per heavy atom. The molecule has 1 rings (SSSR count). The normalized spacial score (nSPS) is 26.2. The molecule has 1 saturated heterocycles. The molecule has 1 aliphatic rings. The molecule has 0 aromatic rings. The van der Waals surface area contributed by atoms with Gasteiger partial charge in [-0.1, -0.05) is 20.8 Å². The van der Waals surface area contributed by atoms with Gasteiger partial charge in [-0.15, -0.1) is 0 Å². The van der Waals surface area contributed by atoms with E-state index in [0.29, 0.717) is 0 Å². The fourth-order valence-electron chi connectivity index (χ4n) is 1.41. The van der Waals surface area contributed by atoms with E-state index in [4.69, 9.17) is 0 Å². The Kier molecular flexibility index (Phi) is 6.39. The van der Waals surface area contributed by atoms with Crippen molar-refractivity contribution in [2.75, 3.05) is 33.2 Å². The molecule has 1 heterocycles. The van der Waals surface area contributed by atoms with Crippen LogP contribution in [0.4, 0.5) is 0 Å². The Labute approximate surface area is 77.5 Å². The zero-order valence-corrected chi connectivity index (χ0v) is 9.30. The van der Waals surface area contributed by atoms with Gasteiger partial charge in [0.1, 0.15) is 0 Å². The van der Waals surface area contributed by atoms with Crippen LogP contribution in [0.5, 0.6) is 0 Å². The molecule has 2 heteroatoms. The first-order valence-electron chi connectivity index (χ1n) is 5.16. The summed E-state index contributed by atoms with van der Waals surface area (Å²) < 4.78 is 0. The number of hydrogen-bond donors (Lipinski definition) is 0. The molecule has 0 amide bonds. The Morgan fingerprint density at radius 3 is 2.25 bits per heavy atom. The SMILES string of the molecule is CC.CCN1CCN(C)[C@@H](C)C1. The van der Waals surface area contributed by atoms with Gasteiger partial charge in [0.25, 0.3) is 0 Å². The van der Waals surface area contributed by atoms with Crippen LogP contribution >= 0.6 is 0 Å². The molecule has 74 valence electrons. The molecular weight excluding hydrogens is 148 g/mol. The van der Waals surface area contributed by atoms with Crippen LogP contribution in [0.3, 0.4) is 0 Å². The second-order valence-corrected chi connectivity index (χ2v) is 3.22. The van der Waals surface area contributed by atoms with Crippen molar-refractivity contribution in [2.24, 2.45) is 0 Å². The lowest BCUT2D eigenvalue weighted by Gasteiger charge is -2.37. The Hall–Kier alpha value is -0.0800. The minimum Gasteiger partial charge on any atom is -0.301 e. The van der Waals surface area contributed by atoms with Gasteiger partial charge in [-0.05, 0) is 20.5 Å². The zero-order chi connectivity index (χ0) is 9.56. The van der Waals surface area contributed by atoms with Gasteiger partial charge < -0.3 is 9.80 Å². The highest BCUT2D eigenvalue weighted by Crippen LogP contribution is 2.05. The van der Waals surface area contributed by atoms with Crippen LogP contribution in [0.15, 0.2) is 0 Å².